The molecule has 0 radical (unpaired) electrons. The minimum absolute atomic E-state index is 0.0404. The summed E-state index contributed by atoms with van der Waals surface area (Å²) in [5, 5.41) is 3.72. The number of nitrogens with zero attached hydrogens (tertiary/aromatic N) is 3. The first-order valence-corrected chi connectivity index (χ1v) is 7.02. The standard InChI is InChI=1S/C15H17N3O4/c1-10-7-18(8-11-5-3-4-6-12(11)21-10)15(19)14-16-13(9-20-2)22-17-14/h3-6,10H,7-9H2,1-2H3. The third-order valence-electron chi connectivity index (χ3n) is 3.35. The Kier molecular flexibility index (Phi) is 4.06. The SMILES string of the molecule is COCc1nc(C(=O)N2Cc3ccccc3OC(C)C2)no1. The van der Waals surface area contributed by atoms with Crippen LogP contribution in [-0.4, -0.2) is 40.7 Å². The third kappa shape index (κ3) is 2.94. The van der Waals surface area contributed by atoms with Crippen molar-refractivity contribution in [3.63, 3.8) is 0 Å². The highest BCUT2D eigenvalue weighted by molar-refractivity contribution is 5.90. The van der Waals surface area contributed by atoms with Gasteiger partial charge in [-0.25, -0.2) is 0 Å². The van der Waals surface area contributed by atoms with Crippen molar-refractivity contribution >= 4 is 5.91 Å². The molecule has 1 aliphatic heterocycles. The van der Waals surface area contributed by atoms with Gasteiger partial charge in [0.15, 0.2) is 0 Å². The first-order valence-electron chi connectivity index (χ1n) is 7.02. The zero-order valence-corrected chi connectivity index (χ0v) is 12.5. The van der Waals surface area contributed by atoms with Crippen LogP contribution in [0.2, 0.25) is 0 Å². The summed E-state index contributed by atoms with van der Waals surface area (Å²) in [4.78, 5) is 18.3. The van der Waals surface area contributed by atoms with Gasteiger partial charge in [0, 0.05) is 19.2 Å². The molecule has 1 amide bonds. The fourth-order valence-corrected chi connectivity index (χ4v) is 2.40. The van der Waals surface area contributed by atoms with Crippen molar-refractivity contribution in [3.05, 3.63) is 41.5 Å². The second-order valence-corrected chi connectivity index (χ2v) is 5.17. The predicted octanol–water partition coefficient (Wildman–Crippen LogP) is 1.64. The van der Waals surface area contributed by atoms with E-state index in [-0.39, 0.29) is 30.3 Å². The van der Waals surface area contributed by atoms with Gasteiger partial charge in [0.2, 0.25) is 0 Å². The van der Waals surface area contributed by atoms with Crippen LogP contribution in [0.4, 0.5) is 0 Å². The van der Waals surface area contributed by atoms with Gasteiger partial charge in [0.25, 0.3) is 17.6 Å². The van der Waals surface area contributed by atoms with E-state index in [1.807, 2.05) is 31.2 Å². The number of carbonyl (C=O) groups excluding carboxylic acids is 1. The summed E-state index contributed by atoms with van der Waals surface area (Å²) in [5.74, 6) is 0.848. The molecule has 1 unspecified atom stereocenters. The molecule has 0 N–H and O–H groups in total. The van der Waals surface area contributed by atoms with E-state index in [1.165, 1.54) is 7.11 Å². The number of hydrogen-bond donors (Lipinski definition) is 0. The Morgan fingerprint density at radius 2 is 2.27 bits per heavy atom. The van der Waals surface area contributed by atoms with Crippen LogP contribution in [0.1, 0.15) is 29.0 Å². The normalized spacial score (nSPS) is 17.5. The van der Waals surface area contributed by atoms with Gasteiger partial charge in [0.05, 0.1) is 6.54 Å². The lowest BCUT2D eigenvalue weighted by Gasteiger charge is -2.20. The zero-order chi connectivity index (χ0) is 15.5. The molecule has 3 rings (SSSR count). The Bertz CT molecular complexity index is 670. The average Bonchev–Trinajstić information content (AvgIpc) is 2.89. The van der Waals surface area contributed by atoms with Crippen molar-refractivity contribution in [1.29, 1.82) is 0 Å². The largest absolute Gasteiger partial charge is 0.489 e. The van der Waals surface area contributed by atoms with Crippen molar-refractivity contribution in [2.24, 2.45) is 0 Å². The van der Waals surface area contributed by atoms with Crippen LogP contribution in [0.15, 0.2) is 28.8 Å². The summed E-state index contributed by atoms with van der Waals surface area (Å²) in [6.45, 7) is 3.02. The van der Waals surface area contributed by atoms with Gasteiger partial charge in [-0.05, 0) is 13.0 Å². The number of benzene rings is 1. The van der Waals surface area contributed by atoms with Gasteiger partial charge in [-0.15, -0.1) is 0 Å². The van der Waals surface area contributed by atoms with E-state index >= 15 is 0 Å². The molecule has 0 fully saturated rings. The Morgan fingerprint density at radius 1 is 1.45 bits per heavy atom. The van der Waals surface area contributed by atoms with Gasteiger partial charge >= 0.3 is 0 Å². The van der Waals surface area contributed by atoms with Crippen LogP contribution in [-0.2, 0) is 17.9 Å². The van der Waals surface area contributed by atoms with E-state index in [1.54, 1.807) is 4.90 Å². The predicted molar refractivity (Wildman–Crippen MR) is 76.3 cm³/mol. The number of carbonyl (C=O) groups is 1. The summed E-state index contributed by atoms with van der Waals surface area (Å²) in [6, 6.07) is 7.69. The molecule has 7 nitrogen and oxygen atoms in total. The molecule has 1 aliphatic rings. The van der Waals surface area contributed by atoms with E-state index in [0.717, 1.165) is 11.3 Å². The summed E-state index contributed by atoms with van der Waals surface area (Å²) in [7, 11) is 1.52. The van der Waals surface area contributed by atoms with Gasteiger partial charge in [-0.1, -0.05) is 23.4 Å². The fraction of sp³-hybridized carbons (Fsp3) is 0.400. The van der Waals surface area contributed by atoms with Crippen molar-refractivity contribution in [1.82, 2.24) is 15.0 Å². The van der Waals surface area contributed by atoms with Crippen LogP contribution in [0.5, 0.6) is 5.75 Å². The lowest BCUT2D eigenvalue weighted by Crippen LogP contribution is -2.36. The minimum atomic E-state index is -0.279. The Hall–Kier alpha value is -2.41. The third-order valence-corrected chi connectivity index (χ3v) is 3.35. The van der Waals surface area contributed by atoms with Gasteiger partial charge < -0.3 is 18.9 Å². The van der Waals surface area contributed by atoms with Crippen molar-refractivity contribution in [2.45, 2.75) is 26.2 Å². The molecule has 0 saturated carbocycles. The second-order valence-electron chi connectivity index (χ2n) is 5.17. The fourth-order valence-electron chi connectivity index (χ4n) is 2.40. The number of rotatable bonds is 3. The van der Waals surface area contributed by atoms with Crippen LogP contribution in [0.3, 0.4) is 0 Å². The molecular formula is C15H17N3O4. The Morgan fingerprint density at radius 3 is 3.09 bits per heavy atom. The zero-order valence-electron chi connectivity index (χ0n) is 12.5. The molecule has 0 bridgehead atoms. The minimum Gasteiger partial charge on any atom is -0.489 e. The maximum absolute atomic E-state index is 12.6. The molecule has 1 aromatic carbocycles. The van der Waals surface area contributed by atoms with Crippen molar-refractivity contribution < 1.29 is 18.8 Å². The number of aromatic nitrogens is 2. The molecule has 2 heterocycles. The van der Waals surface area contributed by atoms with Crippen molar-refractivity contribution in [3.8, 4) is 5.75 Å². The average molecular weight is 303 g/mol. The Labute approximate surface area is 127 Å². The van der Waals surface area contributed by atoms with Crippen LogP contribution >= 0.6 is 0 Å². The summed E-state index contributed by atoms with van der Waals surface area (Å²) in [5.41, 5.74) is 0.959. The first-order chi connectivity index (χ1) is 10.7. The van der Waals surface area contributed by atoms with E-state index in [9.17, 15) is 4.79 Å². The highest BCUT2D eigenvalue weighted by atomic mass is 16.5. The molecule has 7 heteroatoms. The molecule has 2 aromatic rings. The molecule has 22 heavy (non-hydrogen) atoms. The lowest BCUT2D eigenvalue weighted by molar-refractivity contribution is 0.0675. The smallest absolute Gasteiger partial charge is 0.295 e. The van der Waals surface area contributed by atoms with E-state index in [0.29, 0.717) is 13.1 Å². The van der Waals surface area contributed by atoms with Crippen LogP contribution in [0.25, 0.3) is 0 Å². The maximum Gasteiger partial charge on any atom is 0.295 e. The molecule has 0 saturated heterocycles. The van der Waals surface area contributed by atoms with E-state index < -0.39 is 0 Å². The quantitative estimate of drug-likeness (QED) is 0.858. The topological polar surface area (TPSA) is 77.7 Å². The summed E-state index contributed by atoms with van der Waals surface area (Å²) >= 11 is 0. The maximum atomic E-state index is 12.6. The molecule has 116 valence electrons. The highest BCUT2D eigenvalue weighted by Gasteiger charge is 2.27. The first kappa shape index (κ1) is 14.5. The van der Waals surface area contributed by atoms with Crippen LogP contribution in [0, 0.1) is 0 Å². The van der Waals surface area contributed by atoms with Gasteiger partial charge in [-0.2, -0.15) is 4.98 Å². The molecule has 1 aromatic heterocycles. The number of fused-ring (bicyclic) bond motifs is 1. The van der Waals surface area contributed by atoms with Crippen molar-refractivity contribution in [2.75, 3.05) is 13.7 Å². The lowest BCUT2D eigenvalue weighted by atomic mass is 10.2. The second kappa shape index (κ2) is 6.15. The number of methoxy groups -OCH3 is 1. The van der Waals surface area contributed by atoms with Crippen LogP contribution < -0.4 is 4.74 Å². The number of ether oxygens (including phenoxy) is 2. The summed E-state index contributed by atoms with van der Waals surface area (Å²) < 4.78 is 15.7. The molecule has 1 atom stereocenters. The molecule has 0 spiro atoms. The number of hydrogen-bond acceptors (Lipinski definition) is 6. The summed E-state index contributed by atoms with van der Waals surface area (Å²) in [6.07, 6.45) is -0.113. The Balaban J connectivity index is 1.82. The number of para-hydroxylation sites is 1. The molecule has 0 aliphatic carbocycles. The van der Waals surface area contributed by atoms with E-state index in [2.05, 4.69) is 10.1 Å². The van der Waals surface area contributed by atoms with Gasteiger partial charge in [-0.3, -0.25) is 4.79 Å². The highest BCUT2D eigenvalue weighted by Crippen LogP contribution is 2.25. The monoisotopic (exact) mass is 303 g/mol. The van der Waals surface area contributed by atoms with E-state index in [4.69, 9.17) is 14.0 Å². The number of amides is 1. The molecular weight excluding hydrogens is 286 g/mol. The van der Waals surface area contributed by atoms with Gasteiger partial charge in [0.1, 0.15) is 18.5 Å².